The number of carbonyl (C=O) groups is 1. The molecule has 2 N–H and O–H groups in total. The van der Waals surface area contributed by atoms with Crippen molar-refractivity contribution < 1.29 is 9.53 Å². The fraction of sp³-hybridized carbons (Fsp3) is 0.357. The van der Waals surface area contributed by atoms with Gasteiger partial charge in [-0.3, -0.25) is 9.69 Å². The van der Waals surface area contributed by atoms with Gasteiger partial charge in [0.05, 0.1) is 12.2 Å². The number of nitrogens with two attached hydrogens (primary N) is 1. The number of anilines is 1. The smallest absolute Gasteiger partial charge is 0.271 e. The number of nitrogens with zero attached hydrogens (tertiary/aromatic N) is 1. The quantitative estimate of drug-likeness (QED) is 0.797. The molecule has 1 aliphatic rings. The van der Waals surface area contributed by atoms with Crippen molar-refractivity contribution in [3.63, 3.8) is 0 Å². The summed E-state index contributed by atoms with van der Waals surface area (Å²) in [4.78, 5) is 13.8. The molecule has 4 heteroatoms. The van der Waals surface area contributed by atoms with Gasteiger partial charge < -0.3 is 10.5 Å². The van der Waals surface area contributed by atoms with Crippen LogP contribution in [0, 0.1) is 12.3 Å². The Hall–Kier alpha value is -1.99. The second kappa shape index (κ2) is 4.35. The molecule has 0 saturated heterocycles. The highest BCUT2D eigenvalue weighted by molar-refractivity contribution is 6.02. The van der Waals surface area contributed by atoms with E-state index in [0.29, 0.717) is 18.0 Å². The number of hydrogen-bond donors (Lipinski definition) is 1. The molecule has 0 spiro atoms. The summed E-state index contributed by atoms with van der Waals surface area (Å²) < 4.78 is 5.74. The average Bonchev–Trinajstić information content (AvgIpc) is 2.34. The number of terminal acetylenes is 1. The van der Waals surface area contributed by atoms with Crippen LogP contribution in [0.5, 0.6) is 5.75 Å². The highest BCUT2D eigenvalue weighted by Crippen LogP contribution is 2.38. The van der Waals surface area contributed by atoms with Gasteiger partial charge in [-0.1, -0.05) is 12.0 Å². The molecule has 0 bridgehead atoms. The molecule has 0 atom stereocenters. The summed E-state index contributed by atoms with van der Waals surface area (Å²) in [6, 6.07) is 5.55. The summed E-state index contributed by atoms with van der Waals surface area (Å²) in [6.07, 6.45) is 5.32. The van der Waals surface area contributed by atoms with Crippen LogP contribution in [0.15, 0.2) is 18.2 Å². The Morgan fingerprint density at radius 2 is 2.22 bits per heavy atom. The summed E-state index contributed by atoms with van der Waals surface area (Å²) in [7, 11) is 0. The molecule has 0 fully saturated rings. The zero-order valence-corrected chi connectivity index (χ0v) is 10.6. The van der Waals surface area contributed by atoms with Crippen LogP contribution in [-0.4, -0.2) is 18.1 Å². The normalized spacial score (nSPS) is 16.8. The molecule has 1 amide bonds. The van der Waals surface area contributed by atoms with Gasteiger partial charge >= 0.3 is 0 Å². The zero-order chi connectivity index (χ0) is 13.3. The van der Waals surface area contributed by atoms with Gasteiger partial charge in [0.15, 0.2) is 5.60 Å². The molecule has 1 aromatic carbocycles. The van der Waals surface area contributed by atoms with E-state index in [-0.39, 0.29) is 12.5 Å². The van der Waals surface area contributed by atoms with Crippen molar-refractivity contribution in [2.75, 3.05) is 11.4 Å². The predicted octanol–water partition coefficient (Wildman–Crippen LogP) is 1.28. The van der Waals surface area contributed by atoms with E-state index in [0.717, 1.165) is 5.56 Å². The zero-order valence-electron chi connectivity index (χ0n) is 10.6. The molecule has 0 aromatic heterocycles. The van der Waals surface area contributed by atoms with Gasteiger partial charge in [0.1, 0.15) is 5.75 Å². The van der Waals surface area contributed by atoms with E-state index < -0.39 is 5.60 Å². The number of amides is 1. The monoisotopic (exact) mass is 244 g/mol. The Morgan fingerprint density at radius 3 is 2.83 bits per heavy atom. The molecule has 0 saturated carbocycles. The van der Waals surface area contributed by atoms with Crippen molar-refractivity contribution in [3.05, 3.63) is 23.8 Å². The van der Waals surface area contributed by atoms with Crippen molar-refractivity contribution in [1.82, 2.24) is 0 Å². The molecule has 2 rings (SSSR count). The van der Waals surface area contributed by atoms with Crippen molar-refractivity contribution in [2.45, 2.75) is 26.0 Å². The van der Waals surface area contributed by atoms with Gasteiger partial charge in [-0.2, -0.15) is 0 Å². The highest BCUT2D eigenvalue weighted by atomic mass is 16.5. The number of carbonyl (C=O) groups excluding carboxylic acids is 1. The van der Waals surface area contributed by atoms with E-state index in [4.69, 9.17) is 16.9 Å². The van der Waals surface area contributed by atoms with E-state index >= 15 is 0 Å². The predicted molar refractivity (Wildman–Crippen MR) is 70.2 cm³/mol. The van der Waals surface area contributed by atoms with Gasteiger partial charge in [0.25, 0.3) is 5.91 Å². The van der Waals surface area contributed by atoms with Crippen LogP contribution in [0.2, 0.25) is 0 Å². The Balaban J connectivity index is 2.52. The SMILES string of the molecule is C#CCN1C(=O)C(C)(C)Oc2cc(CN)ccc21. The molecular weight excluding hydrogens is 228 g/mol. The lowest BCUT2D eigenvalue weighted by Crippen LogP contribution is -2.52. The van der Waals surface area contributed by atoms with Gasteiger partial charge in [0, 0.05) is 6.54 Å². The molecule has 94 valence electrons. The molecule has 1 aromatic rings. The summed E-state index contributed by atoms with van der Waals surface area (Å²) in [6.45, 7) is 4.13. The molecule has 0 unspecified atom stereocenters. The lowest BCUT2D eigenvalue weighted by molar-refractivity contribution is -0.132. The lowest BCUT2D eigenvalue weighted by Gasteiger charge is -2.38. The van der Waals surface area contributed by atoms with E-state index in [1.165, 1.54) is 0 Å². The second-order valence-corrected chi connectivity index (χ2v) is 4.71. The molecular formula is C14H16N2O2. The number of hydrogen-bond acceptors (Lipinski definition) is 3. The minimum atomic E-state index is -0.906. The van der Waals surface area contributed by atoms with E-state index in [2.05, 4.69) is 5.92 Å². The topological polar surface area (TPSA) is 55.6 Å². The third-order valence-electron chi connectivity index (χ3n) is 2.93. The number of benzene rings is 1. The Kier molecular flexibility index (Phi) is 3.02. The molecule has 18 heavy (non-hydrogen) atoms. The van der Waals surface area contributed by atoms with Crippen molar-refractivity contribution in [2.24, 2.45) is 5.73 Å². The van der Waals surface area contributed by atoms with Crippen LogP contribution >= 0.6 is 0 Å². The van der Waals surface area contributed by atoms with Crippen LogP contribution in [0.25, 0.3) is 0 Å². The lowest BCUT2D eigenvalue weighted by atomic mass is 10.0. The second-order valence-electron chi connectivity index (χ2n) is 4.71. The van der Waals surface area contributed by atoms with Gasteiger partial charge in [-0.15, -0.1) is 6.42 Å². The maximum absolute atomic E-state index is 12.2. The average molecular weight is 244 g/mol. The molecule has 0 aliphatic carbocycles. The first-order valence-corrected chi connectivity index (χ1v) is 5.77. The summed E-state index contributed by atoms with van der Waals surface area (Å²) >= 11 is 0. The summed E-state index contributed by atoms with van der Waals surface area (Å²) in [5.74, 6) is 3.02. The summed E-state index contributed by atoms with van der Waals surface area (Å²) in [5.41, 5.74) is 6.36. The molecule has 4 nitrogen and oxygen atoms in total. The van der Waals surface area contributed by atoms with E-state index in [9.17, 15) is 4.79 Å². The fourth-order valence-corrected chi connectivity index (χ4v) is 1.99. The van der Waals surface area contributed by atoms with Gasteiger partial charge in [-0.25, -0.2) is 0 Å². The minimum Gasteiger partial charge on any atom is -0.476 e. The van der Waals surface area contributed by atoms with Crippen LogP contribution in [0.3, 0.4) is 0 Å². The Morgan fingerprint density at radius 1 is 1.50 bits per heavy atom. The van der Waals surface area contributed by atoms with Crippen molar-refractivity contribution in [3.8, 4) is 18.1 Å². The molecule has 1 aliphatic heterocycles. The van der Waals surface area contributed by atoms with Crippen molar-refractivity contribution >= 4 is 11.6 Å². The summed E-state index contributed by atoms with van der Waals surface area (Å²) in [5, 5.41) is 0. The number of rotatable bonds is 2. The van der Waals surface area contributed by atoms with Gasteiger partial charge in [-0.05, 0) is 31.5 Å². The standard InChI is InChI=1S/C14H16N2O2/c1-4-7-16-11-6-5-10(9-15)8-12(11)18-14(2,3)13(16)17/h1,5-6,8H,7,9,15H2,2-3H3. The minimum absolute atomic E-state index is 0.131. The Bertz CT molecular complexity index is 529. The highest BCUT2D eigenvalue weighted by Gasteiger charge is 2.40. The largest absolute Gasteiger partial charge is 0.476 e. The maximum atomic E-state index is 12.2. The number of fused-ring (bicyclic) bond motifs is 1. The third-order valence-corrected chi connectivity index (χ3v) is 2.93. The van der Waals surface area contributed by atoms with Gasteiger partial charge in [0.2, 0.25) is 0 Å². The third kappa shape index (κ3) is 1.93. The molecule has 1 heterocycles. The van der Waals surface area contributed by atoms with Crippen molar-refractivity contribution in [1.29, 1.82) is 0 Å². The molecule has 0 radical (unpaired) electrons. The fourth-order valence-electron chi connectivity index (χ4n) is 1.99. The first-order chi connectivity index (χ1) is 8.49. The van der Waals surface area contributed by atoms with E-state index in [1.807, 2.05) is 18.2 Å². The number of ether oxygens (including phenoxy) is 1. The van der Waals surface area contributed by atoms with E-state index in [1.54, 1.807) is 18.7 Å². The van der Waals surface area contributed by atoms with Crippen LogP contribution < -0.4 is 15.4 Å². The van der Waals surface area contributed by atoms with Crippen LogP contribution in [0.1, 0.15) is 19.4 Å². The van der Waals surface area contributed by atoms with Crippen LogP contribution in [0.4, 0.5) is 5.69 Å². The first-order valence-electron chi connectivity index (χ1n) is 5.77. The first kappa shape index (κ1) is 12.5. The maximum Gasteiger partial charge on any atom is 0.271 e. The Labute approximate surface area is 107 Å². The van der Waals surface area contributed by atoms with Crippen LogP contribution in [-0.2, 0) is 11.3 Å².